The van der Waals surface area contributed by atoms with Gasteiger partial charge in [-0.3, -0.25) is 4.98 Å². The summed E-state index contributed by atoms with van der Waals surface area (Å²) in [5.74, 6) is 0. The van der Waals surface area contributed by atoms with Crippen molar-refractivity contribution in [3.63, 3.8) is 0 Å². The summed E-state index contributed by atoms with van der Waals surface area (Å²) < 4.78 is 1.03. The zero-order valence-electron chi connectivity index (χ0n) is 12.9. The number of halogens is 1. The highest BCUT2D eigenvalue weighted by Gasteiger charge is 2.29. The minimum atomic E-state index is 0.264. The molecule has 1 aromatic heterocycles. The molecule has 1 atom stereocenters. The van der Waals surface area contributed by atoms with Crippen LogP contribution in [0.4, 0.5) is 5.69 Å². The normalized spacial score (nSPS) is 20.0. The molecule has 1 aromatic carbocycles. The van der Waals surface area contributed by atoms with Gasteiger partial charge in [0.05, 0.1) is 11.2 Å². The monoisotopic (exact) mass is 347 g/mol. The van der Waals surface area contributed by atoms with Gasteiger partial charge in [-0.25, -0.2) is 0 Å². The zero-order valence-corrected chi connectivity index (χ0v) is 14.4. The minimum Gasteiger partial charge on any atom is -0.367 e. The second-order valence-corrected chi connectivity index (χ2v) is 7.74. The van der Waals surface area contributed by atoms with E-state index in [1.165, 1.54) is 11.1 Å². The molecule has 0 spiro atoms. The predicted molar refractivity (Wildman–Crippen MR) is 92.9 cm³/mol. The van der Waals surface area contributed by atoms with Gasteiger partial charge in [-0.05, 0) is 33.5 Å². The third kappa shape index (κ3) is 3.06. The number of nitrogens with zero attached hydrogens (tertiary/aromatic N) is 2. The zero-order chi connectivity index (χ0) is 15.0. The van der Waals surface area contributed by atoms with E-state index in [-0.39, 0.29) is 5.41 Å². The Morgan fingerprint density at radius 2 is 2.14 bits per heavy atom. The molecule has 1 saturated heterocycles. The van der Waals surface area contributed by atoms with Crippen molar-refractivity contribution in [2.45, 2.75) is 26.8 Å². The van der Waals surface area contributed by atoms with Crippen molar-refractivity contribution in [1.29, 1.82) is 0 Å². The van der Waals surface area contributed by atoms with Crippen LogP contribution in [0.15, 0.2) is 34.9 Å². The van der Waals surface area contributed by atoms with E-state index in [9.17, 15) is 0 Å². The first-order valence-electron chi connectivity index (χ1n) is 7.48. The van der Waals surface area contributed by atoms with Gasteiger partial charge in [0.1, 0.15) is 0 Å². The number of benzene rings is 1. The number of pyridine rings is 1. The molecule has 1 unspecified atom stereocenters. The molecule has 1 aliphatic rings. The van der Waals surface area contributed by atoms with E-state index in [1.54, 1.807) is 0 Å². The first-order valence-corrected chi connectivity index (χ1v) is 8.27. The highest BCUT2D eigenvalue weighted by molar-refractivity contribution is 9.10. The fraction of sp³-hybridized carbons (Fsp3) is 0.471. The largest absolute Gasteiger partial charge is 0.367 e. The number of fused-ring (bicyclic) bond motifs is 1. The highest BCUT2D eigenvalue weighted by Crippen LogP contribution is 2.30. The van der Waals surface area contributed by atoms with Crippen LogP contribution in [0.3, 0.4) is 0 Å². The van der Waals surface area contributed by atoms with Crippen LogP contribution in [0, 0.1) is 5.41 Å². The van der Waals surface area contributed by atoms with E-state index in [2.05, 4.69) is 76.2 Å². The molecule has 1 fully saturated rings. The molecule has 0 aliphatic carbocycles. The van der Waals surface area contributed by atoms with E-state index in [1.807, 2.05) is 6.20 Å². The van der Waals surface area contributed by atoms with Gasteiger partial charge in [0, 0.05) is 41.7 Å². The number of hydrogen-bond acceptors (Lipinski definition) is 3. The van der Waals surface area contributed by atoms with Crippen LogP contribution in [-0.2, 0) is 0 Å². The van der Waals surface area contributed by atoms with Crippen molar-refractivity contribution in [2.24, 2.45) is 5.41 Å². The lowest BCUT2D eigenvalue weighted by molar-refractivity contribution is 0.254. The Balaban J connectivity index is 1.96. The topological polar surface area (TPSA) is 28.2 Å². The van der Waals surface area contributed by atoms with Crippen LogP contribution in [0.1, 0.15) is 20.8 Å². The van der Waals surface area contributed by atoms with Gasteiger partial charge in [-0.1, -0.05) is 32.9 Å². The Kier molecular flexibility index (Phi) is 3.93. The standard InChI is InChI=1S/C17H22BrN3/c1-17(2,3)15-11-21(8-7-19-15)14-6-4-5-12-9-13(18)10-20-16(12)14/h4-6,9-10,15,19H,7-8,11H2,1-3H3. The summed E-state index contributed by atoms with van der Waals surface area (Å²) >= 11 is 3.50. The lowest BCUT2D eigenvalue weighted by Gasteiger charge is -2.41. The number of aromatic nitrogens is 1. The number of nitrogens with one attached hydrogen (secondary N) is 1. The molecule has 1 aliphatic heterocycles. The van der Waals surface area contributed by atoms with E-state index in [4.69, 9.17) is 0 Å². The van der Waals surface area contributed by atoms with Crippen LogP contribution in [0.2, 0.25) is 0 Å². The molecule has 2 heterocycles. The average molecular weight is 348 g/mol. The van der Waals surface area contributed by atoms with E-state index in [0.29, 0.717) is 6.04 Å². The first-order chi connectivity index (χ1) is 9.95. The molecule has 3 rings (SSSR count). The number of anilines is 1. The van der Waals surface area contributed by atoms with Crippen molar-refractivity contribution in [3.05, 3.63) is 34.9 Å². The maximum absolute atomic E-state index is 4.63. The van der Waals surface area contributed by atoms with Gasteiger partial charge in [-0.15, -0.1) is 0 Å². The van der Waals surface area contributed by atoms with Gasteiger partial charge < -0.3 is 10.2 Å². The van der Waals surface area contributed by atoms with E-state index < -0.39 is 0 Å². The summed E-state index contributed by atoms with van der Waals surface area (Å²) in [7, 11) is 0. The molecular formula is C17H22BrN3. The lowest BCUT2D eigenvalue weighted by Crippen LogP contribution is -2.56. The number of hydrogen-bond donors (Lipinski definition) is 1. The number of piperazine rings is 1. The SMILES string of the molecule is CC(C)(C)C1CN(c2cccc3cc(Br)cnc23)CCN1. The maximum atomic E-state index is 4.63. The second kappa shape index (κ2) is 5.58. The summed E-state index contributed by atoms with van der Waals surface area (Å²) in [5.41, 5.74) is 2.60. The predicted octanol–water partition coefficient (Wildman–Crippen LogP) is 3.82. The van der Waals surface area contributed by atoms with Crippen LogP contribution in [0.25, 0.3) is 10.9 Å². The van der Waals surface area contributed by atoms with Crippen LogP contribution >= 0.6 is 15.9 Å². The summed E-state index contributed by atoms with van der Waals surface area (Å²) in [4.78, 5) is 7.10. The van der Waals surface area contributed by atoms with Crippen molar-refractivity contribution in [3.8, 4) is 0 Å². The van der Waals surface area contributed by atoms with E-state index in [0.717, 1.165) is 29.6 Å². The fourth-order valence-electron chi connectivity index (χ4n) is 2.92. The summed E-state index contributed by atoms with van der Waals surface area (Å²) in [6.45, 7) is 9.98. The molecule has 0 bridgehead atoms. The molecule has 0 saturated carbocycles. The van der Waals surface area contributed by atoms with Crippen LogP contribution in [0.5, 0.6) is 0 Å². The van der Waals surface area contributed by atoms with Gasteiger partial charge >= 0.3 is 0 Å². The van der Waals surface area contributed by atoms with Crippen molar-refractivity contribution >= 4 is 32.5 Å². The molecule has 3 nitrogen and oxygen atoms in total. The highest BCUT2D eigenvalue weighted by atomic mass is 79.9. The van der Waals surface area contributed by atoms with Crippen molar-refractivity contribution in [1.82, 2.24) is 10.3 Å². The van der Waals surface area contributed by atoms with Crippen molar-refractivity contribution in [2.75, 3.05) is 24.5 Å². The third-order valence-electron chi connectivity index (χ3n) is 4.22. The number of rotatable bonds is 1. The Morgan fingerprint density at radius 3 is 2.90 bits per heavy atom. The van der Waals surface area contributed by atoms with E-state index >= 15 is 0 Å². The molecule has 2 aromatic rings. The van der Waals surface area contributed by atoms with Crippen LogP contribution < -0.4 is 10.2 Å². The summed E-state index contributed by atoms with van der Waals surface area (Å²) in [6.07, 6.45) is 1.88. The Bertz CT molecular complexity index is 648. The second-order valence-electron chi connectivity index (χ2n) is 6.82. The number of para-hydroxylation sites is 1. The van der Waals surface area contributed by atoms with Gasteiger partial charge in [0.2, 0.25) is 0 Å². The Labute approximate surface area is 134 Å². The first kappa shape index (κ1) is 14.8. The molecule has 112 valence electrons. The molecule has 0 amide bonds. The maximum Gasteiger partial charge on any atom is 0.0936 e. The average Bonchev–Trinajstić information content (AvgIpc) is 2.45. The Morgan fingerprint density at radius 1 is 1.33 bits per heavy atom. The fourth-order valence-corrected chi connectivity index (χ4v) is 3.27. The van der Waals surface area contributed by atoms with Gasteiger partial charge in [-0.2, -0.15) is 0 Å². The molecule has 21 heavy (non-hydrogen) atoms. The molecule has 4 heteroatoms. The van der Waals surface area contributed by atoms with Crippen LogP contribution in [-0.4, -0.2) is 30.7 Å². The Hall–Kier alpha value is -1.13. The molecule has 0 radical (unpaired) electrons. The third-order valence-corrected chi connectivity index (χ3v) is 4.65. The summed E-state index contributed by atoms with van der Waals surface area (Å²) in [6, 6.07) is 9.07. The smallest absolute Gasteiger partial charge is 0.0936 e. The summed E-state index contributed by atoms with van der Waals surface area (Å²) in [5, 5.41) is 4.83. The minimum absolute atomic E-state index is 0.264. The quantitative estimate of drug-likeness (QED) is 0.849. The molecular weight excluding hydrogens is 326 g/mol. The van der Waals surface area contributed by atoms with Gasteiger partial charge in [0.15, 0.2) is 0 Å². The molecule has 1 N–H and O–H groups in total. The van der Waals surface area contributed by atoms with Gasteiger partial charge in [0.25, 0.3) is 0 Å². The van der Waals surface area contributed by atoms with Crippen molar-refractivity contribution < 1.29 is 0 Å². The lowest BCUT2D eigenvalue weighted by atomic mass is 9.85.